The molecule has 1 saturated heterocycles. The van der Waals surface area contributed by atoms with Gasteiger partial charge in [0, 0.05) is 5.69 Å². The second-order valence-electron chi connectivity index (χ2n) is 5.95. The molecule has 0 atom stereocenters. The number of benzene rings is 2. The summed E-state index contributed by atoms with van der Waals surface area (Å²) in [5.41, 5.74) is 0.838. The molecule has 0 aliphatic carbocycles. The molecule has 1 aliphatic rings. The summed E-state index contributed by atoms with van der Waals surface area (Å²) in [5.74, 6) is -1.40. The Morgan fingerprint density at radius 1 is 1.00 bits per heavy atom. The van der Waals surface area contributed by atoms with E-state index in [1.807, 2.05) is 0 Å². The van der Waals surface area contributed by atoms with Gasteiger partial charge in [0.2, 0.25) is 0 Å². The second-order valence-corrected chi connectivity index (χ2v) is 7.58. The highest BCUT2D eigenvalue weighted by molar-refractivity contribution is 7.80. The van der Waals surface area contributed by atoms with E-state index < -0.39 is 17.7 Å². The van der Waals surface area contributed by atoms with Crippen LogP contribution in [0.2, 0.25) is 15.1 Å². The van der Waals surface area contributed by atoms with Gasteiger partial charge in [0.25, 0.3) is 17.7 Å². The Labute approximate surface area is 191 Å². The molecule has 1 heterocycles. The summed E-state index contributed by atoms with van der Waals surface area (Å²) < 4.78 is 5.43. The Kier molecular flexibility index (Phi) is 6.94. The van der Waals surface area contributed by atoms with Crippen molar-refractivity contribution in [3.63, 3.8) is 0 Å². The van der Waals surface area contributed by atoms with Crippen LogP contribution in [0.25, 0.3) is 6.08 Å². The fourth-order valence-corrected chi connectivity index (χ4v) is 3.14. The molecule has 0 spiro atoms. The quantitative estimate of drug-likeness (QED) is 0.342. The second kappa shape index (κ2) is 9.44. The van der Waals surface area contributed by atoms with Crippen molar-refractivity contribution in [1.82, 2.24) is 10.6 Å². The normalized spacial score (nSPS) is 13.4. The first-order chi connectivity index (χ1) is 14.2. The zero-order valence-electron chi connectivity index (χ0n) is 14.9. The first-order valence-electron chi connectivity index (χ1n) is 8.28. The van der Waals surface area contributed by atoms with E-state index in [0.717, 1.165) is 0 Å². The molecule has 3 N–H and O–H groups in total. The summed E-state index contributed by atoms with van der Waals surface area (Å²) >= 11 is 22.7. The standard InChI is InChI=1S/C19H12Cl3N3O4S/c20-12-3-2-10(7-13(12)21)23-16(26)8-29-15-4-1-9(6-14(15)22)5-11-17(27)24-19(30)25-18(11)28/h1-7H,8H2,(H,23,26)(H2,24,25,27,28,30). The first-order valence-corrected chi connectivity index (χ1v) is 9.83. The van der Waals surface area contributed by atoms with E-state index in [4.69, 9.17) is 51.8 Å². The Hall–Kier alpha value is -2.65. The van der Waals surface area contributed by atoms with Gasteiger partial charge in [0.15, 0.2) is 11.7 Å². The molecule has 1 aliphatic heterocycles. The van der Waals surface area contributed by atoms with Crippen molar-refractivity contribution in [2.75, 3.05) is 11.9 Å². The molecule has 2 aromatic carbocycles. The topological polar surface area (TPSA) is 96.5 Å². The van der Waals surface area contributed by atoms with E-state index in [1.165, 1.54) is 24.3 Å². The summed E-state index contributed by atoms with van der Waals surface area (Å²) in [5, 5.41) is 8.12. The third-order valence-electron chi connectivity index (χ3n) is 3.77. The molecule has 0 radical (unpaired) electrons. The lowest BCUT2D eigenvalue weighted by Gasteiger charge is -2.16. The molecule has 3 rings (SSSR count). The number of halogens is 3. The maximum absolute atomic E-state index is 12.1. The summed E-state index contributed by atoms with van der Waals surface area (Å²) in [4.78, 5) is 35.8. The molecule has 3 amide bonds. The Balaban J connectivity index is 1.64. The van der Waals surface area contributed by atoms with E-state index in [-0.39, 0.29) is 28.1 Å². The predicted molar refractivity (Wildman–Crippen MR) is 119 cm³/mol. The molecular formula is C19H12Cl3N3O4S. The Bertz CT molecular complexity index is 1080. The number of hydrogen-bond donors (Lipinski definition) is 3. The number of ether oxygens (including phenoxy) is 1. The highest BCUT2D eigenvalue weighted by atomic mass is 35.5. The molecule has 30 heavy (non-hydrogen) atoms. The van der Waals surface area contributed by atoms with Crippen LogP contribution in [-0.2, 0) is 14.4 Å². The number of carbonyl (C=O) groups is 3. The predicted octanol–water partition coefficient (Wildman–Crippen LogP) is 3.58. The van der Waals surface area contributed by atoms with Gasteiger partial charge in [-0.2, -0.15) is 0 Å². The lowest BCUT2D eigenvalue weighted by Crippen LogP contribution is -2.51. The maximum atomic E-state index is 12.1. The number of hydrogen-bond acceptors (Lipinski definition) is 5. The van der Waals surface area contributed by atoms with Crippen LogP contribution in [-0.4, -0.2) is 29.4 Å². The van der Waals surface area contributed by atoms with Gasteiger partial charge < -0.3 is 10.1 Å². The van der Waals surface area contributed by atoms with Gasteiger partial charge in [-0.3, -0.25) is 25.0 Å². The van der Waals surface area contributed by atoms with Crippen LogP contribution in [0.4, 0.5) is 5.69 Å². The summed E-state index contributed by atoms with van der Waals surface area (Å²) in [6.07, 6.45) is 1.36. The molecule has 0 bridgehead atoms. The van der Waals surface area contributed by atoms with Crippen LogP contribution in [0, 0.1) is 0 Å². The fraction of sp³-hybridized carbons (Fsp3) is 0.0526. The van der Waals surface area contributed by atoms with E-state index in [9.17, 15) is 14.4 Å². The van der Waals surface area contributed by atoms with Crippen LogP contribution in [0.3, 0.4) is 0 Å². The SMILES string of the molecule is O=C(COc1ccc(C=C2C(=O)NC(=S)NC2=O)cc1Cl)Nc1ccc(Cl)c(Cl)c1. The lowest BCUT2D eigenvalue weighted by molar-refractivity contribution is -0.123. The molecule has 154 valence electrons. The number of amides is 3. The molecule has 7 nitrogen and oxygen atoms in total. The number of carbonyl (C=O) groups excluding carboxylic acids is 3. The van der Waals surface area contributed by atoms with Crippen LogP contribution in [0.15, 0.2) is 42.0 Å². The van der Waals surface area contributed by atoms with Crippen LogP contribution in [0.5, 0.6) is 5.75 Å². The van der Waals surface area contributed by atoms with Crippen molar-refractivity contribution in [3.8, 4) is 5.75 Å². The smallest absolute Gasteiger partial charge is 0.263 e. The highest BCUT2D eigenvalue weighted by Gasteiger charge is 2.25. The lowest BCUT2D eigenvalue weighted by atomic mass is 10.1. The first kappa shape index (κ1) is 22.0. The third kappa shape index (κ3) is 5.48. The zero-order chi connectivity index (χ0) is 21.8. The van der Waals surface area contributed by atoms with Gasteiger partial charge in [0.1, 0.15) is 11.3 Å². The van der Waals surface area contributed by atoms with Gasteiger partial charge in [-0.05, 0) is 54.2 Å². The number of thiocarbonyl (C=S) groups is 1. The van der Waals surface area contributed by atoms with Crippen molar-refractivity contribution in [2.45, 2.75) is 0 Å². The Morgan fingerprint density at radius 2 is 1.70 bits per heavy atom. The minimum atomic E-state index is -0.612. The molecule has 1 fully saturated rings. The van der Waals surface area contributed by atoms with Crippen molar-refractivity contribution in [2.24, 2.45) is 0 Å². The fourth-order valence-electron chi connectivity index (χ4n) is 2.41. The number of anilines is 1. The van der Waals surface area contributed by atoms with Gasteiger partial charge in [0.05, 0.1) is 15.1 Å². The molecule has 0 unspecified atom stereocenters. The number of nitrogens with one attached hydrogen (secondary N) is 3. The average Bonchev–Trinajstić information content (AvgIpc) is 2.67. The minimum absolute atomic E-state index is 0.0527. The van der Waals surface area contributed by atoms with Crippen molar-refractivity contribution in [3.05, 3.63) is 62.6 Å². The van der Waals surface area contributed by atoms with Gasteiger partial charge in [-0.15, -0.1) is 0 Å². The largest absolute Gasteiger partial charge is 0.482 e. The Morgan fingerprint density at radius 3 is 2.33 bits per heavy atom. The molecule has 2 aromatic rings. The van der Waals surface area contributed by atoms with Crippen LogP contribution in [0.1, 0.15) is 5.56 Å². The summed E-state index contributed by atoms with van der Waals surface area (Å²) in [6.45, 7) is -0.303. The zero-order valence-corrected chi connectivity index (χ0v) is 18.0. The van der Waals surface area contributed by atoms with Crippen LogP contribution < -0.4 is 20.7 Å². The molecule has 11 heteroatoms. The van der Waals surface area contributed by atoms with Gasteiger partial charge in [-0.1, -0.05) is 40.9 Å². The van der Waals surface area contributed by atoms with E-state index in [1.54, 1.807) is 18.2 Å². The van der Waals surface area contributed by atoms with Crippen LogP contribution >= 0.6 is 47.0 Å². The van der Waals surface area contributed by atoms with Crippen molar-refractivity contribution >= 4 is 81.6 Å². The molecule has 0 aromatic heterocycles. The van der Waals surface area contributed by atoms with Gasteiger partial charge in [-0.25, -0.2) is 0 Å². The highest BCUT2D eigenvalue weighted by Crippen LogP contribution is 2.27. The summed E-state index contributed by atoms with van der Waals surface area (Å²) in [6, 6.07) is 9.27. The third-order valence-corrected chi connectivity index (χ3v) is 5.01. The number of rotatable bonds is 5. The van der Waals surface area contributed by atoms with E-state index in [2.05, 4.69) is 16.0 Å². The monoisotopic (exact) mass is 483 g/mol. The average molecular weight is 485 g/mol. The van der Waals surface area contributed by atoms with E-state index >= 15 is 0 Å². The molecule has 0 saturated carbocycles. The van der Waals surface area contributed by atoms with Crippen molar-refractivity contribution < 1.29 is 19.1 Å². The minimum Gasteiger partial charge on any atom is -0.482 e. The van der Waals surface area contributed by atoms with E-state index in [0.29, 0.717) is 21.3 Å². The maximum Gasteiger partial charge on any atom is 0.263 e. The van der Waals surface area contributed by atoms with Crippen molar-refractivity contribution in [1.29, 1.82) is 0 Å². The van der Waals surface area contributed by atoms with Gasteiger partial charge >= 0.3 is 0 Å². The summed E-state index contributed by atoms with van der Waals surface area (Å²) in [7, 11) is 0. The molecular weight excluding hydrogens is 473 g/mol.